The minimum absolute atomic E-state index is 0.146. The Kier molecular flexibility index (Phi) is 9.46. The van der Waals surface area contributed by atoms with E-state index < -0.39 is 29.7 Å². The quantitative estimate of drug-likeness (QED) is 0.261. The van der Waals surface area contributed by atoms with Gasteiger partial charge in [-0.25, -0.2) is 13.8 Å². The lowest BCUT2D eigenvalue weighted by Crippen LogP contribution is -2.53. The topological polar surface area (TPSA) is 106 Å². The third-order valence-electron chi connectivity index (χ3n) is 8.28. The van der Waals surface area contributed by atoms with Crippen molar-refractivity contribution in [2.24, 2.45) is 0 Å². The fraction of sp³-hybridized carbons (Fsp3) is 0.531. The van der Waals surface area contributed by atoms with Gasteiger partial charge in [-0.2, -0.15) is 0 Å². The number of ether oxygens (including phenoxy) is 2. The molecule has 11 heteroatoms. The second-order valence-electron chi connectivity index (χ2n) is 12.4. The molecule has 5 rings (SSSR count). The number of hydrogen-bond acceptors (Lipinski definition) is 8. The molecular weight excluding hydrogens is 574 g/mol. The SMILES string of the molecule is CO[C@H](C)C(=O)N[C@@H](Cc1cc(F)cc(-c2nccs2)c1)[C@@H](O)CN[C@H]1CC2(CCC2)Oc2cnc(CC(C)(C)F)cc21. The number of rotatable bonds is 12. The molecule has 0 saturated heterocycles. The van der Waals surface area contributed by atoms with Gasteiger partial charge in [-0.05, 0) is 76.3 Å². The van der Waals surface area contributed by atoms with E-state index in [1.807, 2.05) is 17.5 Å². The Balaban J connectivity index is 1.36. The maximum absolute atomic E-state index is 14.6. The van der Waals surface area contributed by atoms with Gasteiger partial charge >= 0.3 is 0 Å². The molecule has 0 radical (unpaired) electrons. The van der Waals surface area contributed by atoms with Gasteiger partial charge < -0.3 is 25.2 Å². The molecule has 2 aliphatic rings. The van der Waals surface area contributed by atoms with Crippen molar-refractivity contribution in [3.05, 3.63) is 64.7 Å². The minimum Gasteiger partial charge on any atom is -0.485 e. The molecule has 232 valence electrons. The number of methoxy groups -OCH3 is 1. The van der Waals surface area contributed by atoms with Crippen molar-refractivity contribution in [1.29, 1.82) is 0 Å². The number of nitrogens with zero attached hydrogens (tertiary/aromatic N) is 2. The molecule has 0 bridgehead atoms. The highest BCUT2D eigenvalue weighted by atomic mass is 32.1. The molecule has 3 N–H and O–H groups in total. The summed E-state index contributed by atoms with van der Waals surface area (Å²) in [5, 5.41) is 20.4. The van der Waals surface area contributed by atoms with Crippen LogP contribution >= 0.6 is 11.3 Å². The van der Waals surface area contributed by atoms with Crippen LogP contribution in [0, 0.1) is 5.82 Å². The third kappa shape index (κ3) is 7.75. The summed E-state index contributed by atoms with van der Waals surface area (Å²) in [4.78, 5) is 21.6. The van der Waals surface area contributed by atoms with Crippen molar-refractivity contribution < 1.29 is 28.2 Å². The third-order valence-corrected chi connectivity index (χ3v) is 9.10. The van der Waals surface area contributed by atoms with Gasteiger partial charge in [0.15, 0.2) is 0 Å². The number of carbonyl (C=O) groups is 1. The number of pyridine rings is 1. The molecule has 1 aromatic carbocycles. The van der Waals surface area contributed by atoms with E-state index in [0.717, 1.165) is 24.8 Å². The Labute approximate surface area is 255 Å². The molecule has 3 aromatic rings. The summed E-state index contributed by atoms with van der Waals surface area (Å²) in [5.74, 6) is -0.125. The zero-order valence-corrected chi connectivity index (χ0v) is 25.8. The van der Waals surface area contributed by atoms with E-state index in [4.69, 9.17) is 9.47 Å². The van der Waals surface area contributed by atoms with Crippen LogP contribution in [0.4, 0.5) is 8.78 Å². The number of alkyl halides is 1. The highest BCUT2D eigenvalue weighted by molar-refractivity contribution is 7.13. The first kappa shape index (κ1) is 31.4. The van der Waals surface area contributed by atoms with Gasteiger partial charge in [-0.15, -0.1) is 11.3 Å². The van der Waals surface area contributed by atoms with Crippen LogP contribution in [0.15, 0.2) is 42.0 Å². The molecule has 1 amide bonds. The standard InChI is InChI=1S/C32H40F2N4O4S/c1-19(41-4)29(40)38-25(12-20-10-21(13-22(33)11-20)30-35-8-9-43-30)27(39)17-37-26-16-32(6-5-7-32)42-28-18-36-23(14-24(26)28)15-31(2,3)34/h8-11,13-14,18-19,25-27,37,39H,5-7,12,15-17H2,1-4H3,(H,38,40)/t19-,25+,26+,27+/m1/s1. The Morgan fingerprint density at radius 2 is 2.07 bits per heavy atom. The van der Waals surface area contributed by atoms with Gasteiger partial charge in [-0.3, -0.25) is 9.78 Å². The molecule has 43 heavy (non-hydrogen) atoms. The van der Waals surface area contributed by atoms with Crippen LogP contribution in [0.1, 0.15) is 69.3 Å². The maximum atomic E-state index is 14.6. The summed E-state index contributed by atoms with van der Waals surface area (Å²) in [6, 6.07) is 5.65. The number of nitrogens with one attached hydrogen (secondary N) is 2. The predicted molar refractivity (Wildman–Crippen MR) is 161 cm³/mol. The van der Waals surface area contributed by atoms with E-state index in [-0.39, 0.29) is 36.9 Å². The number of thiazole rings is 1. The molecular formula is C32H40F2N4O4S. The Morgan fingerprint density at radius 1 is 1.28 bits per heavy atom. The van der Waals surface area contributed by atoms with Crippen molar-refractivity contribution in [3.63, 3.8) is 0 Å². The number of aliphatic hydroxyl groups is 1. The zero-order valence-electron chi connectivity index (χ0n) is 25.0. The Hall–Kier alpha value is -2.99. The first-order valence-electron chi connectivity index (χ1n) is 14.7. The smallest absolute Gasteiger partial charge is 0.249 e. The predicted octanol–water partition coefficient (Wildman–Crippen LogP) is 5.09. The number of halogens is 2. The van der Waals surface area contributed by atoms with Gasteiger partial charge in [-0.1, -0.05) is 0 Å². The second kappa shape index (κ2) is 12.9. The van der Waals surface area contributed by atoms with E-state index in [0.29, 0.717) is 34.0 Å². The number of hydrogen-bond donors (Lipinski definition) is 3. The molecule has 2 aromatic heterocycles. The highest BCUT2D eigenvalue weighted by Gasteiger charge is 2.46. The summed E-state index contributed by atoms with van der Waals surface area (Å²) in [6.07, 6.45) is 5.60. The summed E-state index contributed by atoms with van der Waals surface area (Å²) >= 11 is 1.41. The van der Waals surface area contributed by atoms with Crippen LogP contribution in [0.2, 0.25) is 0 Å². The Bertz CT molecular complexity index is 1410. The summed E-state index contributed by atoms with van der Waals surface area (Å²) in [6.45, 7) is 4.82. The number of amides is 1. The molecule has 4 atom stereocenters. The van der Waals surface area contributed by atoms with Gasteiger partial charge in [0.25, 0.3) is 0 Å². The normalized spacial score (nSPS) is 19.6. The molecule has 1 aliphatic carbocycles. The average Bonchev–Trinajstić information content (AvgIpc) is 3.48. The number of carbonyl (C=O) groups excluding carboxylic acids is 1. The van der Waals surface area contributed by atoms with E-state index >= 15 is 0 Å². The van der Waals surface area contributed by atoms with Gasteiger partial charge in [0.2, 0.25) is 5.91 Å². The summed E-state index contributed by atoms with van der Waals surface area (Å²) < 4.78 is 40.7. The maximum Gasteiger partial charge on any atom is 0.249 e. The van der Waals surface area contributed by atoms with Crippen molar-refractivity contribution in [2.75, 3.05) is 13.7 Å². The first-order chi connectivity index (χ1) is 20.4. The zero-order chi connectivity index (χ0) is 30.8. The van der Waals surface area contributed by atoms with Crippen molar-refractivity contribution in [3.8, 4) is 16.3 Å². The van der Waals surface area contributed by atoms with E-state index in [9.17, 15) is 18.7 Å². The Morgan fingerprint density at radius 3 is 2.72 bits per heavy atom. The van der Waals surface area contributed by atoms with Gasteiger partial charge in [0.05, 0.1) is 18.3 Å². The molecule has 1 fully saturated rings. The van der Waals surface area contributed by atoms with Crippen LogP contribution in [0.25, 0.3) is 10.6 Å². The molecule has 0 unspecified atom stereocenters. The number of aromatic nitrogens is 2. The van der Waals surface area contributed by atoms with Crippen LogP contribution < -0.4 is 15.4 Å². The molecule has 8 nitrogen and oxygen atoms in total. The van der Waals surface area contributed by atoms with Gasteiger partial charge in [0, 0.05) is 60.9 Å². The number of aliphatic hydroxyl groups excluding tert-OH is 1. The monoisotopic (exact) mass is 614 g/mol. The van der Waals surface area contributed by atoms with E-state index in [1.165, 1.54) is 44.4 Å². The molecule has 1 spiro atoms. The lowest BCUT2D eigenvalue weighted by molar-refractivity contribution is -0.131. The van der Waals surface area contributed by atoms with Crippen molar-refractivity contribution >= 4 is 17.2 Å². The number of benzene rings is 1. The summed E-state index contributed by atoms with van der Waals surface area (Å²) in [5.41, 5.74) is 1.07. The van der Waals surface area contributed by atoms with Crippen LogP contribution in [0.5, 0.6) is 5.75 Å². The molecule has 1 aliphatic heterocycles. The first-order valence-corrected chi connectivity index (χ1v) is 15.6. The fourth-order valence-corrected chi connectivity index (χ4v) is 6.44. The second-order valence-corrected chi connectivity index (χ2v) is 13.3. The van der Waals surface area contributed by atoms with Crippen LogP contribution in [-0.4, -0.2) is 64.2 Å². The number of fused-ring (bicyclic) bond motifs is 1. The minimum atomic E-state index is -1.41. The molecule has 1 saturated carbocycles. The van der Waals surface area contributed by atoms with Crippen LogP contribution in [0.3, 0.4) is 0 Å². The van der Waals surface area contributed by atoms with Crippen LogP contribution in [-0.2, 0) is 22.4 Å². The lowest BCUT2D eigenvalue weighted by Gasteiger charge is -2.48. The fourth-order valence-electron chi connectivity index (χ4n) is 5.81. The van der Waals surface area contributed by atoms with E-state index in [2.05, 4.69) is 20.6 Å². The highest BCUT2D eigenvalue weighted by Crippen LogP contribution is 2.48. The lowest BCUT2D eigenvalue weighted by atomic mass is 9.73. The van der Waals surface area contributed by atoms with Crippen molar-refractivity contribution in [1.82, 2.24) is 20.6 Å². The average molecular weight is 615 g/mol. The van der Waals surface area contributed by atoms with Gasteiger partial charge in [0.1, 0.15) is 33.9 Å². The largest absolute Gasteiger partial charge is 0.485 e. The molecule has 3 heterocycles. The summed E-state index contributed by atoms with van der Waals surface area (Å²) in [7, 11) is 1.44. The van der Waals surface area contributed by atoms with Crippen molar-refractivity contribution in [2.45, 2.75) is 94.9 Å². The van der Waals surface area contributed by atoms with E-state index in [1.54, 1.807) is 19.3 Å².